The summed E-state index contributed by atoms with van der Waals surface area (Å²) in [6, 6.07) is 13.5. The van der Waals surface area contributed by atoms with Crippen LogP contribution in [0.15, 0.2) is 48.5 Å². The van der Waals surface area contributed by atoms with Gasteiger partial charge in [-0.1, -0.05) is 36.4 Å². The Hall–Kier alpha value is -1.96. The van der Waals surface area contributed by atoms with E-state index >= 15 is 0 Å². The molecule has 0 heterocycles. The summed E-state index contributed by atoms with van der Waals surface area (Å²) < 4.78 is 0. The Kier molecular flexibility index (Phi) is 2.11. The molecule has 1 N–H and O–H groups in total. The van der Waals surface area contributed by atoms with Gasteiger partial charge in [-0.2, -0.15) is 0 Å². The minimum Gasteiger partial charge on any atom is -0.872 e. The Bertz CT molecular complexity index is 372. The van der Waals surface area contributed by atoms with Crippen molar-refractivity contribution in [2.45, 2.75) is 0 Å². The molecule has 0 unspecified atom stereocenters. The highest BCUT2D eigenvalue weighted by Crippen LogP contribution is 2.22. The maximum absolute atomic E-state index is 10.9. The summed E-state index contributed by atoms with van der Waals surface area (Å²) in [6.45, 7) is 0. The van der Waals surface area contributed by atoms with Gasteiger partial charge in [0, 0.05) is 0 Å². The van der Waals surface area contributed by atoms with Gasteiger partial charge in [0.1, 0.15) is 5.75 Å². The third-order valence-corrected chi connectivity index (χ3v) is 2.05. The number of benzene rings is 2. The highest BCUT2D eigenvalue weighted by molar-refractivity contribution is 5.64. The average molecular weight is 185 g/mol. The molecule has 2 rings (SSSR count). The minimum absolute atomic E-state index is 0.00697. The van der Waals surface area contributed by atoms with E-state index in [2.05, 4.69) is 0 Å². The molecule has 2 aromatic rings. The van der Waals surface area contributed by atoms with E-state index in [1.165, 1.54) is 12.1 Å². The lowest BCUT2D eigenvalue weighted by Gasteiger charge is -2.06. The fourth-order valence-corrected chi connectivity index (χ4v) is 1.30. The summed E-state index contributed by atoms with van der Waals surface area (Å²) in [5.74, 6) is 0.252. The second-order valence-corrected chi connectivity index (χ2v) is 3.07. The Morgan fingerprint density at radius 2 is 1.14 bits per heavy atom. The molecule has 0 radical (unpaired) electrons. The van der Waals surface area contributed by atoms with Gasteiger partial charge in [-0.05, 0) is 23.3 Å². The first-order valence-corrected chi connectivity index (χ1v) is 4.32. The SMILES string of the molecule is [O-]c1ccc(-c2ccc(O)cc2)cc1. The molecule has 0 aliphatic carbocycles. The highest BCUT2D eigenvalue weighted by Gasteiger charge is 1.95. The monoisotopic (exact) mass is 185 g/mol. The van der Waals surface area contributed by atoms with Crippen molar-refractivity contribution in [2.24, 2.45) is 0 Å². The standard InChI is InChI=1S/C12H10O2/c13-11-5-1-9(2-6-11)10-3-7-12(14)8-4-10/h1-8,13-14H/p-1. The van der Waals surface area contributed by atoms with Crippen LogP contribution in [-0.4, -0.2) is 5.11 Å². The molecule has 0 fully saturated rings. The van der Waals surface area contributed by atoms with Crippen molar-refractivity contribution in [3.63, 3.8) is 0 Å². The first kappa shape index (κ1) is 8.63. The predicted molar refractivity (Wildman–Crippen MR) is 53.0 cm³/mol. The second kappa shape index (κ2) is 3.42. The molecular formula is C12H9O2-. The third-order valence-electron chi connectivity index (χ3n) is 2.05. The third kappa shape index (κ3) is 1.69. The van der Waals surface area contributed by atoms with Gasteiger partial charge < -0.3 is 10.2 Å². The van der Waals surface area contributed by atoms with E-state index in [9.17, 15) is 5.11 Å². The lowest BCUT2D eigenvalue weighted by atomic mass is 10.1. The lowest BCUT2D eigenvalue weighted by Crippen LogP contribution is -1.87. The molecule has 2 nitrogen and oxygen atoms in total. The van der Waals surface area contributed by atoms with Gasteiger partial charge in [0.25, 0.3) is 0 Å². The van der Waals surface area contributed by atoms with Crippen molar-refractivity contribution in [3.8, 4) is 22.6 Å². The molecule has 0 saturated carbocycles. The summed E-state index contributed by atoms with van der Waals surface area (Å²) in [4.78, 5) is 0. The molecule has 0 bridgehead atoms. The fourth-order valence-electron chi connectivity index (χ4n) is 1.30. The molecule has 0 atom stereocenters. The zero-order valence-corrected chi connectivity index (χ0v) is 7.47. The summed E-state index contributed by atoms with van der Waals surface area (Å²) >= 11 is 0. The number of aromatic hydroxyl groups is 1. The summed E-state index contributed by atoms with van der Waals surface area (Å²) in [5, 5.41) is 20.0. The van der Waals surface area contributed by atoms with E-state index in [0.717, 1.165) is 11.1 Å². The number of hydrogen-bond acceptors (Lipinski definition) is 2. The number of phenols is 1. The molecule has 70 valence electrons. The zero-order chi connectivity index (χ0) is 9.97. The molecule has 0 amide bonds. The van der Waals surface area contributed by atoms with Crippen molar-refractivity contribution >= 4 is 0 Å². The molecule has 0 saturated heterocycles. The van der Waals surface area contributed by atoms with E-state index in [4.69, 9.17) is 5.11 Å². The largest absolute Gasteiger partial charge is 0.872 e. The van der Waals surface area contributed by atoms with E-state index in [0.29, 0.717) is 0 Å². The minimum atomic E-state index is 0.00697. The fraction of sp³-hybridized carbons (Fsp3) is 0. The van der Waals surface area contributed by atoms with Crippen LogP contribution in [0.1, 0.15) is 0 Å². The molecule has 14 heavy (non-hydrogen) atoms. The Labute approximate surface area is 82.1 Å². The van der Waals surface area contributed by atoms with Crippen LogP contribution in [0.2, 0.25) is 0 Å². The van der Waals surface area contributed by atoms with Crippen LogP contribution in [0.25, 0.3) is 11.1 Å². The lowest BCUT2D eigenvalue weighted by molar-refractivity contribution is -0.268. The van der Waals surface area contributed by atoms with Crippen LogP contribution in [0.3, 0.4) is 0 Å². The zero-order valence-electron chi connectivity index (χ0n) is 7.47. The van der Waals surface area contributed by atoms with Gasteiger partial charge in [0.15, 0.2) is 0 Å². The predicted octanol–water partition coefficient (Wildman–Crippen LogP) is 2.13. The maximum Gasteiger partial charge on any atom is 0.115 e. The van der Waals surface area contributed by atoms with Crippen LogP contribution < -0.4 is 5.11 Å². The van der Waals surface area contributed by atoms with Crippen LogP contribution >= 0.6 is 0 Å². The van der Waals surface area contributed by atoms with Gasteiger partial charge in [0.2, 0.25) is 0 Å². The van der Waals surface area contributed by atoms with E-state index in [1.807, 2.05) is 12.1 Å². The molecule has 2 aromatic carbocycles. The molecule has 0 aromatic heterocycles. The maximum atomic E-state index is 10.9. The van der Waals surface area contributed by atoms with Crippen molar-refractivity contribution in [3.05, 3.63) is 48.5 Å². The number of phenolic OH excluding ortho intramolecular Hbond substituents is 1. The van der Waals surface area contributed by atoms with Crippen LogP contribution in [-0.2, 0) is 0 Å². The van der Waals surface area contributed by atoms with Gasteiger partial charge in [-0.25, -0.2) is 0 Å². The molecular weight excluding hydrogens is 176 g/mol. The van der Waals surface area contributed by atoms with Crippen molar-refractivity contribution in [1.82, 2.24) is 0 Å². The summed E-state index contributed by atoms with van der Waals surface area (Å²) in [6.07, 6.45) is 0. The highest BCUT2D eigenvalue weighted by atomic mass is 16.3. The van der Waals surface area contributed by atoms with Crippen molar-refractivity contribution in [2.75, 3.05) is 0 Å². The molecule has 0 aliphatic heterocycles. The van der Waals surface area contributed by atoms with Crippen LogP contribution in [0.5, 0.6) is 11.5 Å². The van der Waals surface area contributed by atoms with Crippen molar-refractivity contribution in [1.29, 1.82) is 0 Å². The van der Waals surface area contributed by atoms with E-state index < -0.39 is 0 Å². The Balaban J connectivity index is 2.40. The first-order valence-electron chi connectivity index (χ1n) is 4.32. The number of hydrogen-bond donors (Lipinski definition) is 1. The van der Waals surface area contributed by atoms with E-state index in [-0.39, 0.29) is 11.5 Å². The van der Waals surface area contributed by atoms with Crippen LogP contribution in [0, 0.1) is 0 Å². The molecule has 0 spiro atoms. The second-order valence-electron chi connectivity index (χ2n) is 3.07. The van der Waals surface area contributed by atoms with E-state index in [1.54, 1.807) is 24.3 Å². The van der Waals surface area contributed by atoms with Gasteiger partial charge in [-0.15, -0.1) is 5.75 Å². The quantitative estimate of drug-likeness (QED) is 0.739. The Morgan fingerprint density at radius 3 is 1.64 bits per heavy atom. The number of rotatable bonds is 1. The Morgan fingerprint density at radius 1 is 0.714 bits per heavy atom. The average Bonchev–Trinajstić information content (AvgIpc) is 2.21. The topological polar surface area (TPSA) is 43.3 Å². The molecule has 2 heteroatoms. The smallest absolute Gasteiger partial charge is 0.115 e. The van der Waals surface area contributed by atoms with Gasteiger partial charge in [0.05, 0.1) is 0 Å². The van der Waals surface area contributed by atoms with Gasteiger partial charge >= 0.3 is 0 Å². The van der Waals surface area contributed by atoms with Gasteiger partial charge in [-0.3, -0.25) is 0 Å². The normalized spacial score (nSPS) is 10.0. The summed E-state index contributed by atoms with van der Waals surface area (Å²) in [5.41, 5.74) is 1.97. The first-order chi connectivity index (χ1) is 6.75. The summed E-state index contributed by atoms with van der Waals surface area (Å²) in [7, 11) is 0. The molecule has 0 aliphatic rings. The van der Waals surface area contributed by atoms with Crippen molar-refractivity contribution < 1.29 is 10.2 Å². The van der Waals surface area contributed by atoms with Crippen LogP contribution in [0.4, 0.5) is 0 Å².